The monoisotopic (exact) mass is 420 g/mol. The summed E-state index contributed by atoms with van der Waals surface area (Å²) in [6.45, 7) is 0.724. The first-order chi connectivity index (χ1) is 13.9. The zero-order valence-corrected chi connectivity index (χ0v) is 16.6. The van der Waals surface area contributed by atoms with Gasteiger partial charge in [0, 0.05) is 10.6 Å². The topological polar surface area (TPSA) is 53.4 Å². The Morgan fingerprint density at radius 3 is 2.45 bits per heavy atom. The number of benzene rings is 2. The normalized spacial score (nSPS) is 11.0. The Kier molecular flexibility index (Phi) is 6.49. The van der Waals surface area contributed by atoms with Gasteiger partial charge in [-0.05, 0) is 31.5 Å². The SMILES string of the molecule is Cc1nn(Cc2ccccc2Cl)c(C)c1C(=O)OCc1ccccc1OC(F)F. The van der Waals surface area contributed by atoms with E-state index in [1.807, 2.05) is 18.2 Å². The zero-order valence-electron chi connectivity index (χ0n) is 15.9. The van der Waals surface area contributed by atoms with Crippen molar-refractivity contribution in [2.75, 3.05) is 0 Å². The minimum atomic E-state index is -2.96. The Balaban J connectivity index is 1.75. The van der Waals surface area contributed by atoms with Gasteiger partial charge in [-0.3, -0.25) is 4.68 Å². The number of aromatic nitrogens is 2. The van der Waals surface area contributed by atoms with Crippen molar-refractivity contribution in [3.63, 3.8) is 0 Å². The Bertz CT molecular complexity index is 1020. The van der Waals surface area contributed by atoms with Gasteiger partial charge in [0.25, 0.3) is 0 Å². The molecular formula is C21H19ClF2N2O3. The van der Waals surface area contributed by atoms with E-state index in [2.05, 4.69) is 9.84 Å². The third kappa shape index (κ3) is 4.92. The van der Waals surface area contributed by atoms with Crippen LogP contribution < -0.4 is 4.74 Å². The van der Waals surface area contributed by atoms with Crippen LogP contribution in [0.5, 0.6) is 5.75 Å². The van der Waals surface area contributed by atoms with Crippen LogP contribution >= 0.6 is 11.6 Å². The number of nitrogens with zero attached hydrogens (tertiary/aromatic N) is 2. The summed E-state index contributed by atoms with van der Waals surface area (Å²) in [4.78, 5) is 12.6. The number of halogens is 3. The Morgan fingerprint density at radius 2 is 1.76 bits per heavy atom. The fraction of sp³-hybridized carbons (Fsp3) is 0.238. The van der Waals surface area contributed by atoms with Gasteiger partial charge in [0.05, 0.1) is 17.9 Å². The number of para-hydroxylation sites is 1. The van der Waals surface area contributed by atoms with Crippen LogP contribution in [0.1, 0.15) is 32.9 Å². The third-order valence-electron chi connectivity index (χ3n) is 4.41. The quantitative estimate of drug-likeness (QED) is 0.495. The van der Waals surface area contributed by atoms with E-state index in [-0.39, 0.29) is 12.4 Å². The smallest absolute Gasteiger partial charge is 0.387 e. The number of esters is 1. The number of aryl methyl sites for hydroxylation is 1. The van der Waals surface area contributed by atoms with Crippen LogP contribution in [0.4, 0.5) is 8.78 Å². The summed E-state index contributed by atoms with van der Waals surface area (Å²) in [5, 5.41) is 5.02. The van der Waals surface area contributed by atoms with Crippen molar-refractivity contribution in [3.05, 3.63) is 81.6 Å². The second-order valence-electron chi connectivity index (χ2n) is 6.36. The molecule has 0 unspecified atom stereocenters. The number of alkyl halides is 2. The molecule has 0 aliphatic rings. The van der Waals surface area contributed by atoms with Crippen LogP contribution in [0.25, 0.3) is 0 Å². The van der Waals surface area contributed by atoms with Gasteiger partial charge < -0.3 is 9.47 Å². The van der Waals surface area contributed by atoms with Crippen molar-refractivity contribution in [3.8, 4) is 5.75 Å². The number of carbonyl (C=O) groups excluding carboxylic acids is 1. The Hall–Kier alpha value is -2.93. The first kappa shape index (κ1) is 20.8. The van der Waals surface area contributed by atoms with E-state index in [4.69, 9.17) is 16.3 Å². The molecule has 0 aliphatic heterocycles. The maximum atomic E-state index is 12.6. The summed E-state index contributed by atoms with van der Waals surface area (Å²) < 4.78 is 36.5. The van der Waals surface area contributed by atoms with E-state index in [0.29, 0.717) is 34.1 Å². The molecule has 0 amide bonds. The van der Waals surface area contributed by atoms with Gasteiger partial charge in [0.2, 0.25) is 0 Å². The van der Waals surface area contributed by atoms with Crippen molar-refractivity contribution in [2.24, 2.45) is 0 Å². The van der Waals surface area contributed by atoms with Crippen LogP contribution in [0.3, 0.4) is 0 Å². The van der Waals surface area contributed by atoms with Gasteiger partial charge in [-0.15, -0.1) is 0 Å². The maximum absolute atomic E-state index is 12.6. The molecule has 1 heterocycles. The van der Waals surface area contributed by atoms with Crippen LogP contribution in [-0.2, 0) is 17.9 Å². The van der Waals surface area contributed by atoms with Gasteiger partial charge >= 0.3 is 12.6 Å². The van der Waals surface area contributed by atoms with E-state index in [0.717, 1.165) is 5.56 Å². The molecule has 0 fully saturated rings. The highest BCUT2D eigenvalue weighted by Gasteiger charge is 2.21. The number of hydrogen-bond acceptors (Lipinski definition) is 4. The molecule has 0 N–H and O–H groups in total. The van der Waals surface area contributed by atoms with Gasteiger partial charge in [-0.2, -0.15) is 13.9 Å². The number of carbonyl (C=O) groups is 1. The molecule has 0 aliphatic carbocycles. The number of hydrogen-bond donors (Lipinski definition) is 0. The van der Waals surface area contributed by atoms with Gasteiger partial charge in [-0.25, -0.2) is 4.79 Å². The molecule has 5 nitrogen and oxygen atoms in total. The highest BCUT2D eigenvalue weighted by Crippen LogP contribution is 2.23. The largest absolute Gasteiger partial charge is 0.457 e. The van der Waals surface area contributed by atoms with E-state index < -0.39 is 12.6 Å². The van der Waals surface area contributed by atoms with Crippen molar-refractivity contribution < 1.29 is 23.0 Å². The highest BCUT2D eigenvalue weighted by molar-refractivity contribution is 6.31. The molecule has 0 radical (unpaired) electrons. The molecule has 0 saturated carbocycles. The molecule has 29 heavy (non-hydrogen) atoms. The van der Waals surface area contributed by atoms with Crippen molar-refractivity contribution in [1.82, 2.24) is 9.78 Å². The first-order valence-corrected chi connectivity index (χ1v) is 9.22. The van der Waals surface area contributed by atoms with Gasteiger partial charge in [0.1, 0.15) is 17.9 Å². The minimum Gasteiger partial charge on any atom is -0.457 e. The van der Waals surface area contributed by atoms with Crippen LogP contribution in [0, 0.1) is 13.8 Å². The van der Waals surface area contributed by atoms with E-state index in [1.54, 1.807) is 42.8 Å². The molecule has 3 aromatic rings. The zero-order chi connectivity index (χ0) is 21.0. The Morgan fingerprint density at radius 1 is 1.10 bits per heavy atom. The second-order valence-corrected chi connectivity index (χ2v) is 6.76. The Labute approximate surface area is 171 Å². The lowest BCUT2D eigenvalue weighted by Gasteiger charge is -2.11. The first-order valence-electron chi connectivity index (χ1n) is 8.84. The molecule has 0 spiro atoms. The fourth-order valence-corrected chi connectivity index (χ4v) is 3.18. The van der Waals surface area contributed by atoms with Crippen LogP contribution in [-0.4, -0.2) is 22.4 Å². The fourth-order valence-electron chi connectivity index (χ4n) is 2.98. The van der Waals surface area contributed by atoms with Crippen LogP contribution in [0.15, 0.2) is 48.5 Å². The molecule has 0 bridgehead atoms. The third-order valence-corrected chi connectivity index (χ3v) is 4.78. The highest BCUT2D eigenvalue weighted by atomic mass is 35.5. The summed E-state index contributed by atoms with van der Waals surface area (Å²) >= 11 is 6.21. The molecule has 3 rings (SSSR count). The molecule has 8 heteroatoms. The van der Waals surface area contributed by atoms with E-state index in [9.17, 15) is 13.6 Å². The van der Waals surface area contributed by atoms with Crippen molar-refractivity contribution in [2.45, 2.75) is 33.6 Å². The summed E-state index contributed by atoms with van der Waals surface area (Å²) in [5.74, 6) is -0.615. The molecule has 0 saturated heterocycles. The molecule has 1 aromatic heterocycles. The average molecular weight is 421 g/mol. The van der Waals surface area contributed by atoms with E-state index >= 15 is 0 Å². The van der Waals surface area contributed by atoms with E-state index in [1.165, 1.54) is 6.07 Å². The average Bonchev–Trinajstić information content (AvgIpc) is 2.95. The lowest BCUT2D eigenvalue weighted by atomic mass is 10.2. The lowest BCUT2D eigenvalue weighted by molar-refractivity contribution is -0.0510. The second kappa shape index (κ2) is 9.05. The predicted octanol–water partition coefficient (Wildman–Crippen LogP) is 5.16. The molecule has 152 valence electrons. The van der Waals surface area contributed by atoms with Gasteiger partial charge in [0.15, 0.2) is 0 Å². The standard InChI is InChI=1S/C21H19ClF2N2O3/c1-13-19(14(2)26(25-13)11-15-7-3-5-9-17(15)22)20(27)28-12-16-8-4-6-10-18(16)29-21(23)24/h3-10,21H,11-12H2,1-2H3. The summed E-state index contributed by atoms with van der Waals surface area (Å²) in [6, 6.07) is 13.6. The minimum absolute atomic E-state index is 0.0295. The summed E-state index contributed by atoms with van der Waals surface area (Å²) in [7, 11) is 0. The molecular weight excluding hydrogens is 402 g/mol. The summed E-state index contributed by atoms with van der Waals surface area (Å²) in [5.41, 5.74) is 2.70. The maximum Gasteiger partial charge on any atom is 0.387 e. The molecule has 2 aromatic carbocycles. The summed E-state index contributed by atoms with van der Waals surface area (Å²) in [6.07, 6.45) is 0. The lowest BCUT2D eigenvalue weighted by Crippen LogP contribution is -2.10. The number of rotatable bonds is 7. The van der Waals surface area contributed by atoms with Crippen LogP contribution in [0.2, 0.25) is 5.02 Å². The number of ether oxygens (including phenoxy) is 2. The van der Waals surface area contributed by atoms with Crippen molar-refractivity contribution in [1.29, 1.82) is 0 Å². The van der Waals surface area contributed by atoms with Crippen molar-refractivity contribution >= 4 is 17.6 Å². The molecule has 0 atom stereocenters. The predicted molar refractivity (Wildman–Crippen MR) is 104 cm³/mol. The van der Waals surface area contributed by atoms with Gasteiger partial charge in [-0.1, -0.05) is 48.0 Å².